The highest BCUT2D eigenvalue weighted by molar-refractivity contribution is 5.77. The van der Waals surface area contributed by atoms with Gasteiger partial charge in [0.05, 0.1) is 32.9 Å². The number of rotatable bonds is 5. The minimum atomic E-state index is 0.100. The average molecular weight is 251 g/mol. The van der Waals surface area contributed by atoms with Crippen LogP contribution in [-0.4, -0.2) is 37.1 Å². The normalized spacial score (nSPS) is 17.0. The minimum absolute atomic E-state index is 0.100. The number of hydrogen-bond donors (Lipinski definition) is 1. The molecule has 2 rings (SSSR count). The maximum Gasteiger partial charge on any atom is 0.275 e. The topological polar surface area (TPSA) is 42.2 Å². The molecule has 4 nitrogen and oxygen atoms in total. The van der Waals surface area contributed by atoms with Crippen LogP contribution in [0.15, 0.2) is 22.8 Å². The summed E-state index contributed by atoms with van der Waals surface area (Å²) in [6, 6.07) is 4.34. The minimum Gasteiger partial charge on any atom is -0.467 e. The predicted molar refractivity (Wildman–Crippen MR) is 69.8 cm³/mol. The first-order valence-electron chi connectivity index (χ1n) is 6.70. The van der Waals surface area contributed by atoms with Crippen LogP contribution in [0.25, 0.3) is 0 Å². The van der Waals surface area contributed by atoms with E-state index in [1.807, 2.05) is 12.1 Å². The molecule has 0 bridgehead atoms. The first kappa shape index (κ1) is 13.1. The second kappa shape index (κ2) is 5.57. The summed E-state index contributed by atoms with van der Waals surface area (Å²) in [5.41, 5.74) is 0. The quantitative estimate of drug-likeness (QED) is 0.812. The summed E-state index contributed by atoms with van der Waals surface area (Å²) in [7, 11) is 4.31. The van der Waals surface area contributed by atoms with Gasteiger partial charge in [-0.05, 0) is 37.8 Å². The van der Waals surface area contributed by atoms with Crippen molar-refractivity contribution in [2.24, 2.45) is 0 Å². The number of carbonyl (C=O) groups is 1. The summed E-state index contributed by atoms with van der Waals surface area (Å²) in [5, 5.41) is 2.92. The Kier molecular flexibility index (Phi) is 4.07. The first-order valence-corrected chi connectivity index (χ1v) is 6.70. The number of furan rings is 1. The van der Waals surface area contributed by atoms with Crippen LogP contribution in [0.5, 0.6) is 0 Å². The molecule has 0 saturated heterocycles. The van der Waals surface area contributed by atoms with Crippen LogP contribution in [-0.2, 0) is 11.3 Å². The van der Waals surface area contributed by atoms with Gasteiger partial charge < -0.3 is 14.2 Å². The third-order valence-corrected chi connectivity index (χ3v) is 3.90. The molecule has 1 aromatic rings. The van der Waals surface area contributed by atoms with E-state index in [4.69, 9.17) is 4.42 Å². The number of nitrogens with one attached hydrogen (secondary N) is 1. The van der Waals surface area contributed by atoms with Crippen molar-refractivity contribution in [3.8, 4) is 0 Å². The van der Waals surface area contributed by atoms with Gasteiger partial charge >= 0.3 is 0 Å². The van der Waals surface area contributed by atoms with E-state index >= 15 is 0 Å². The van der Waals surface area contributed by atoms with Gasteiger partial charge in [-0.15, -0.1) is 0 Å². The molecule has 1 amide bonds. The first-order chi connectivity index (χ1) is 8.58. The van der Waals surface area contributed by atoms with Crippen LogP contribution in [0.1, 0.15) is 31.4 Å². The molecule has 18 heavy (non-hydrogen) atoms. The van der Waals surface area contributed by atoms with E-state index in [0.717, 1.165) is 10.2 Å². The van der Waals surface area contributed by atoms with E-state index < -0.39 is 0 Å². The number of quaternary nitrogens is 1. The molecule has 0 aliphatic heterocycles. The maximum atomic E-state index is 11.9. The lowest BCUT2D eigenvalue weighted by molar-refractivity contribution is -0.906. The molecular weight excluding hydrogens is 228 g/mol. The van der Waals surface area contributed by atoms with Gasteiger partial charge in [0, 0.05) is 0 Å². The zero-order chi connectivity index (χ0) is 13.0. The fourth-order valence-electron chi connectivity index (χ4n) is 2.76. The summed E-state index contributed by atoms with van der Waals surface area (Å²) < 4.78 is 5.99. The molecule has 0 aromatic carbocycles. The molecule has 0 atom stereocenters. The Morgan fingerprint density at radius 3 is 2.78 bits per heavy atom. The number of amides is 1. The van der Waals surface area contributed by atoms with Gasteiger partial charge in [-0.2, -0.15) is 0 Å². The van der Waals surface area contributed by atoms with Crippen LogP contribution in [0.2, 0.25) is 0 Å². The van der Waals surface area contributed by atoms with Crippen LogP contribution in [0.4, 0.5) is 0 Å². The molecule has 4 heteroatoms. The Hall–Kier alpha value is -1.29. The number of nitrogens with zero attached hydrogens (tertiary/aromatic N) is 1. The van der Waals surface area contributed by atoms with E-state index in [0.29, 0.717) is 19.1 Å². The summed E-state index contributed by atoms with van der Waals surface area (Å²) in [4.78, 5) is 11.9. The van der Waals surface area contributed by atoms with Crippen molar-refractivity contribution in [3.63, 3.8) is 0 Å². The third-order valence-electron chi connectivity index (χ3n) is 3.90. The summed E-state index contributed by atoms with van der Waals surface area (Å²) in [6.07, 6.45) is 6.73. The molecule has 1 saturated carbocycles. The van der Waals surface area contributed by atoms with E-state index in [2.05, 4.69) is 19.4 Å². The smallest absolute Gasteiger partial charge is 0.275 e. The second-order valence-corrected chi connectivity index (χ2v) is 5.73. The highest BCUT2D eigenvalue weighted by Gasteiger charge is 2.32. The number of hydrogen-bond acceptors (Lipinski definition) is 2. The fraction of sp³-hybridized carbons (Fsp3) is 0.643. The van der Waals surface area contributed by atoms with E-state index in [-0.39, 0.29) is 5.91 Å². The van der Waals surface area contributed by atoms with Gasteiger partial charge in [0.1, 0.15) is 5.76 Å². The van der Waals surface area contributed by atoms with Crippen molar-refractivity contribution in [2.75, 3.05) is 20.6 Å². The molecule has 1 heterocycles. The van der Waals surface area contributed by atoms with Crippen LogP contribution < -0.4 is 5.32 Å². The lowest BCUT2D eigenvalue weighted by Crippen LogP contribution is -2.52. The molecule has 1 fully saturated rings. The number of likely N-dealkylation sites (N-methyl/N-ethyl adjacent to an activating group) is 1. The Morgan fingerprint density at radius 1 is 1.44 bits per heavy atom. The maximum absolute atomic E-state index is 11.9. The molecule has 1 aromatic heterocycles. The van der Waals surface area contributed by atoms with Crippen molar-refractivity contribution in [3.05, 3.63) is 24.2 Å². The van der Waals surface area contributed by atoms with E-state index in [1.54, 1.807) is 6.26 Å². The van der Waals surface area contributed by atoms with Crippen LogP contribution in [0.3, 0.4) is 0 Å². The number of carbonyl (C=O) groups excluding carboxylic acids is 1. The molecule has 1 N–H and O–H groups in total. The summed E-state index contributed by atoms with van der Waals surface area (Å²) >= 11 is 0. The third kappa shape index (κ3) is 3.35. The van der Waals surface area contributed by atoms with E-state index in [1.165, 1.54) is 25.7 Å². The second-order valence-electron chi connectivity index (χ2n) is 5.73. The van der Waals surface area contributed by atoms with Crippen molar-refractivity contribution in [2.45, 2.75) is 38.3 Å². The van der Waals surface area contributed by atoms with Gasteiger partial charge in [-0.25, -0.2) is 0 Å². The zero-order valence-electron chi connectivity index (χ0n) is 11.3. The van der Waals surface area contributed by atoms with Crippen molar-refractivity contribution in [1.82, 2.24) is 5.32 Å². The van der Waals surface area contributed by atoms with Gasteiger partial charge in [0.25, 0.3) is 5.91 Å². The largest absolute Gasteiger partial charge is 0.467 e. The molecule has 100 valence electrons. The highest BCUT2D eigenvalue weighted by atomic mass is 16.3. The monoisotopic (exact) mass is 251 g/mol. The predicted octanol–water partition coefficient (Wildman–Crippen LogP) is 1.91. The molecule has 0 spiro atoms. The van der Waals surface area contributed by atoms with Gasteiger partial charge in [-0.3, -0.25) is 4.79 Å². The highest BCUT2D eigenvalue weighted by Crippen LogP contribution is 2.26. The summed E-state index contributed by atoms with van der Waals surface area (Å²) in [5.74, 6) is 0.901. The van der Waals surface area contributed by atoms with Crippen molar-refractivity contribution in [1.29, 1.82) is 0 Å². The van der Waals surface area contributed by atoms with Gasteiger partial charge in [0.15, 0.2) is 6.54 Å². The summed E-state index contributed by atoms with van der Waals surface area (Å²) in [6.45, 7) is 1.03. The molecule has 1 aliphatic carbocycles. The standard InChI is InChI=1S/C14H22N2O2/c1-16(2,12-6-3-4-7-12)11-14(17)15-10-13-8-5-9-18-13/h5,8-9,12H,3-4,6-7,10-11H2,1-2H3/p+1. The molecule has 1 aliphatic rings. The van der Waals surface area contributed by atoms with Crippen molar-refractivity contribution < 1.29 is 13.7 Å². The zero-order valence-corrected chi connectivity index (χ0v) is 11.3. The Bertz CT molecular complexity index is 379. The Balaban J connectivity index is 1.79. The fourth-order valence-corrected chi connectivity index (χ4v) is 2.76. The van der Waals surface area contributed by atoms with E-state index in [9.17, 15) is 4.79 Å². The Morgan fingerprint density at radius 2 is 2.17 bits per heavy atom. The lowest BCUT2D eigenvalue weighted by Gasteiger charge is -2.35. The average Bonchev–Trinajstić information content (AvgIpc) is 2.99. The van der Waals surface area contributed by atoms with Crippen LogP contribution in [0, 0.1) is 0 Å². The van der Waals surface area contributed by atoms with Crippen LogP contribution >= 0.6 is 0 Å². The molecule has 0 unspecified atom stereocenters. The van der Waals surface area contributed by atoms with Gasteiger partial charge in [0.2, 0.25) is 0 Å². The Labute approximate surface area is 109 Å². The SMILES string of the molecule is C[N+](C)(CC(=O)NCc1ccco1)C1CCCC1. The van der Waals surface area contributed by atoms with Crippen molar-refractivity contribution >= 4 is 5.91 Å². The lowest BCUT2D eigenvalue weighted by atomic mass is 10.2. The molecule has 0 radical (unpaired) electrons. The van der Waals surface area contributed by atoms with Gasteiger partial charge in [-0.1, -0.05) is 0 Å². The molecular formula is C14H23N2O2+.